The smallest absolute Gasteiger partial charge is 0.255 e. The molecule has 0 aliphatic carbocycles. The number of hydrogen-bond donors (Lipinski definition) is 2. The Labute approximate surface area is 80.1 Å². The second-order valence-corrected chi connectivity index (χ2v) is 2.69. The van der Waals surface area contributed by atoms with Gasteiger partial charge in [0, 0.05) is 5.69 Å². The molecule has 1 aromatic carbocycles. The zero-order valence-corrected chi connectivity index (χ0v) is 7.30. The number of nitrogens with zero attached hydrogens (tertiary/aromatic N) is 1. The molecule has 0 aromatic heterocycles. The van der Waals surface area contributed by atoms with Crippen molar-refractivity contribution in [2.75, 3.05) is 17.6 Å². The standard InChI is InChI=1S/C9H9F2N3/c10-9(11)5-14-7-2-1-6(4-12)8(13)3-7/h1-3,9,14H,5,13H2. The van der Waals surface area contributed by atoms with E-state index >= 15 is 0 Å². The fourth-order valence-corrected chi connectivity index (χ4v) is 0.970. The molecule has 0 radical (unpaired) electrons. The summed E-state index contributed by atoms with van der Waals surface area (Å²) in [4.78, 5) is 0. The first kappa shape index (κ1) is 10.3. The number of nitriles is 1. The highest BCUT2D eigenvalue weighted by atomic mass is 19.3. The molecule has 0 amide bonds. The van der Waals surface area contributed by atoms with E-state index in [2.05, 4.69) is 5.32 Å². The third-order valence-electron chi connectivity index (χ3n) is 1.63. The SMILES string of the molecule is N#Cc1ccc(NCC(F)F)cc1N. The first-order valence-electron chi connectivity index (χ1n) is 3.95. The van der Waals surface area contributed by atoms with E-state index in [4.69, 9.17) is 11.0 Å². The highest BCUT2D eigenvalue weighted by Gasteiger charge is 2.03. The first-order chi connectivity index (χ1) is 6.63. The molecule has 0 unspecified atom stereocenters. The summed E-state index contributed by atoms with van der Waals surface area (Å²) in [5, 5.41) is 11.1. The average Bonchev–Trinajstić information content (AvgIpc) is 2.15. The maximum Gasteiger partial charge on any atom is 0.255 e. The van der Waals surface area contributed by atoms with E-state index < -0.39 is 13.0 Å². The van der Waals surface area contributed by atoms with Crippen LogP contribution in [-0.2, 0) is 0 Å². The fourth-order valence-electron chi connectivity index (χ4n) is 0.970. The summed E-state index contributed by atoms with van der Waals surface area (Å²) in [6.45, 7) is -0.425. The molecule has 0 spiro atoms. The minimum absolute atomic E-state index is 0.284. The van der Waals surface area contributed by atoms with E-state index in [1.165, 1.54) is 18.2 Å². The van der Waals surface area contributed by atoms with Crippen molar-refractivity contribution in [3.8, 4) is 6.07 Å². The lowest BCUT2D eigenvalue weighted by Gasteiger charge is -2.06. The average molecular weight is 197 g/mol. The van der Waals surface area contributed by atoms with E-state index in [1.54, 1.807) is 0 Å². The zero-order valence-electron chi connectivity index (χ0n) is 7.30. The van der Waals surface area contributed by atoms with Crippen LogP contribution in [0.25, 0.3) is 0 Å². The van der Waals surface area contributed by atoms with Crippen molar-refractivity contribution < 1.29 is 8.78 Å². The topological polar surface area (TPSA) is 61.8 Å². The van der Waals surface area contributed by atoms with Crippen LogP contribution in [0.2, 0.25) is 0 Å². The van der Waals surface area contributed by atoms with Crippen molar-refractivity contribution in [1.82, 2.24) is 0 Å². The summed E-state index contributed by atoms with van der Waals surface area (Å²) < 4.78 is 23.6. The van der Waals surface area contributed by atoms with Crippen LogP contribution >= 0.6 is 0 Å². The summed E-state index contributed by atoms with van der Waals surface area (Å²) >= 11 is 0. The van der Waals surface area contributed by atoms with Gasteiger partial charge in [-0.15, -0.1) is 0 Å². The summed E-state index contributed by atoms with van der Waals surface area (Å²) in [6, 6.07) is 6.37. The third kappa shape index (κ3) is 2.59. The number of benzene rings is 1. The number of nitrogens with one attached hydrogen (secondary N) is 1. The van der Waals surface area contributed by atoms with E-state index in [-0.39, 0.29) is 5.69 Å². The molecule has 3 N–H and O–H groups in total. The molecule has 0 saturated carbocycles. The Bertz CT molecular complexity index is 358. The van der Waals surface area contributed by atoms with Gasteiger partial charge in [-0.25, -0.2) is 8.78 Å². The summed E-state index contributed by atoms with van der Waals surface area (Å²) in [6.07, 6.45) is -2.41. The molecule has 0 atom stereocenters. The van der Waals surface area contributed by atoms with Crippen molar-refractivity contribution in [3.63, 3.8) is 0 Å². The van der Waals surface area contributed by atoms with Crippen molar-refractivity contribution in [1.29, 1.82) is 5.26 Å². The third-order valence-corrected chi connectivity index (χ3v) is 1.63. The predicted molar refractivity (Wildman–Crippen MR) is 50.1 cm³/mol. The largest absolute Gasteiger partial charge is 0.398 e. The lowest BCUT2D eigenvalue weighted by atomic mass is 10.2. The molecule has 1 aromatic rings. The molecule has 0 aliphatic rings. The quantitative estimate of drug-likeness (QED) is 0.726. The number of nitrogens with two attached hydrogens (primary N) is 1. The van der Waals surface area contributed by atoms with Crippen molar-refractivity contribution in [2.24, 2.45) is 0 Å². The second-order valence-electron chi connectivity index (χ2n) is 2.69. The van der Waals surface area contributed by atoms with Crippen LogP contribution in [0.1, 0.15) is 5.56 Å². The number of anilines is 2. The van der Waals surface area contributed by atoms with Crippen molar-refractivity contribution in [3.05, 3.63) is 23.8 Å². The van der Waals surface area contributed by atoms with Crippen LogP contribution < -0.4 is 11.1 Å². The van der Waals surface area contributed by atoms with Gasteiger partial charge >= 0.3 is 0 Å². The van der Waals surface area contributed by atoms with Gasteiger partial charge in [-0.3, -0.25) is 0 Å². The summed E-state index contributed by atoms with van der Waals surface area (Å²) in [5.41, 5.74) is 6.60. The zero-order chi connectivity index (χ0) is 10.6. The molecule has 0 saturated heterocycles. The van der Waals surface area contributed by atoms with Crippen LogP contribution in [0, 0.1) is 11.3 Å². The van der Waals surface area contributed by atoms with Crippen molar-refractivity contribution >= 4 is 11.4 Å². The Hall–Kier alpha value is -1.83. The lowest BCUT2D eigenvalue weighted by molar-refractivity contribution is 0.163. The van der Waals surface area contributed by atoms with Gasteiger partial charge in [0.15, 0.2) is 0 Å². The van der Waals surface area contributed by atoms with Gasteiger partial charge < -0.3 is 11.1 Å². The highest BCUT2D eigenvalue weighted by Crippen LogP contribution is 2.17. The Morgan fingerprint density at radius 2 is 2.21 bits per heavy atom. The van der Waals surface area contributed by atoms with Crippen LogP contribution in [0.5, 0.6) is 0 Å². The monoisotopic (exact) mass is 197 g/mol. The molecule has 0 aliphatic heterocycles. The van der Waals surface area contributed by atoms with Crippen LogP contribution in [0.3, 0.4) is 0 Å². The van der Waals surface area contributed by atoms with Crippen LogP contribution in [0.15, 0.2) is 18.2 Å². The lowest BCUT2D eigenvalue weighted by Crippen LogP contribution is -2.10. The Kier molecular flexibility index (Phi) is 3.24. The molecule has 3 nitrogen and oxygen atoms in total. The second kappa shape index (κ2) is 4.42. The number of halogens is 2. The maximum atomic E-state index is 11.8. The molecular weight excluding hydrogens is 188 g/mol. The molecule has 0 fully saturated rings. The molecule has 14 heavy (non-hydrogen) atoms. The van der Waals surface area contributed by atoms with Gasteiger partial charge in [-0.1, -0.05) is 0 Å². The van der Waals surface area contributed by atoms with E-state index in [0.717, 1.165) is 0 Å². The number of hydrogen-bond acceptors (Lipinski definition) is 3. The number of alkyl halides is 2. The van der Waals surface area contributed by atoms with Gasteiger partial charge in [0.2, 0.25) is 0 Å². The molecular formula is C9H9F2N3. The summed E-state index contributed by atoms with van der Waals surface area (Å²) in [7, 11) is 0. The minimum atomic E-state index is -2.41. The molecule has 0 bridgehead atoms. The van der Waals surface area contributed by atoms with Gasteiger partial charge in [-0.05, 0) is 18.2 Å². The Balaban J connectivity index is 2.73. The molecule has 0 heterocycles. The number of rotatable bonds is 3. The van der Waals surface area contributed by atoms with Crippen LogP contribution in [0.4, 0.5) is 20.2 Å². The van der Waals surface area contributed by atoms with Gasteiger partial charge in [-0.2, -0.15) is 5.26 Å². The highest BCUT2D eigenvalue weighted by molar-refractivity contribution is 5.62. The van der Waals surface area contributed by atoms with Gasteiger partial charge in [0.05, 0.1) is 17.8 Å². The predicted octanol–water partition coefficient (Wildman–Crippen LogP) is 1.82. The Morgan fingerprint density at radius 3 is 2.71 bits per heavy atom. The van der Waals surface area contributed by atoms with Crippen LogP contribution in [-0.4, -0.2) is 13.0 Å². The molecule has 74 valence electrons. The normalized spacial score (nSPS) is 9.86. The summed E-state index contributed by atoms with van der Waals surface area (Å²) in [5.74, 6) is 0. The first-order valence-corrected chi connectivity index (χ1v) is 3.95. The van der Waals surface area contributed by atoms with Crippen molar-refractivity contribution in [2.45, 2.75) is 6.43 Å². The van der Waals surface area contributed by atoms with E-state index in [1.807, 2.05) is 6.07 Å². The minimum Gasteiger partial charge on any atom is -0.398 e. The fraction of sp³-hybridized carbons (Fsp3) is 0.222. The van der Waals surface area contributed by atoms with E-state index in [9.17, 15) is 8.78 Å². The van der Waals surface area contributed by atoms with Gasteiger partial charge in [0.25, 0.3) is 6.43 Å². The number of nitrogen functional groups attached to an aromatic ring is 1. The molecule has 5 heteroatoms. The van der Waals surface area contributed by atoms with Gasteiger partial charge in [0.1, 0.15) is 6.07 Å². The Morgan fingerprint density at radius 1 is 1.50 bits per heavy atom. The maximum absolute atomic E-state index is 11.8. The molecule has 1 rings (SSSR count). The van der Waals surface area contributed by atoms with E-state index in [0.29, 0.717) is 11.3 Å².